The van der Waals surface area contributed by atoms with E-state index >= 15 is 0 Å². The van der Waals surface area contributed by atoms with Crippen LogP contribution in [0.25, 0.3) is 0 Å². The first-order valence-corrected chi connectivity index (χ1v) is 9.65. The Kier molecular flexibility index (Phi) is 6.16. The average molecular weight is 443 g/mol. The number of amides is 1. The molecule has 5 nitrogen and oxygen atoms in total. The van der Waals surface area contributed by atoms with Crippen molar-refractivity contribution >= 4 is 45.4 Å². The number of nitrogens with zero attached hydrogens (tertiary/aromatic N) is 1. The third-order valence-corrected chi connectivity index (χ3v) is 4.94. The van der Waals surface area contributed by atoms with Crippen LogP contribution < -0.4 is 10.2 Å². The Labute approximate surface area is 168 Å². The van der Waals surface area contributed by atoms with Crippen molar-refractivity contribution in [2.45, 2.75) is 6.92 Å². The van der Waals surface area contributed by atoms with Gasteiger partial charge in [-0.05, 0) is 48.7 Å². The second-order valence-electron chi connectivity index (χ2n) is 5.61. The molecule has 0 aliphatic rings. The summed E-state index contributed by atoms with van der Waals surface area (Å²) >= 11 is 4.71. The van der Waals surface area contributed by atoms with Crippen LogP contribution in [0.3, 0.4) is 0 Å². The molecule has 2 aromatic carbocycles. The maximum absolute atomic E-state index is 12.4. The van der Waals surface area contributed by atoms with E-state index in [9.17, 15) is 9.59 Å². The second-order valence-corrected chi connectivity index (χ2v) is 7.48. The Balaban J connectivity index is 1.74. The van der Waals surface area contributed by atoms with Crippen molar-refractivity contribution in [1.29, 1.82) is 0 Å². The van der Waals surface area contributed by atoms with E-state index in [1.54, 1.807) is 42.5 Å². The van der Waals surface area contributed by atoms with Gasteiger partial charge >= 0.3 is 5.97 Å². The quantitative estimate of drug-likeness (QED) is 0.267. The fraction of sp³-hybridized carbons (Fsp3) is 0.0500. The van der Waals surface area contributed by atoms with Crippen molar-refractivity contribution in [2.75, 3.05) is 0 Å². The van der Waals surface area contributed by atoms with Gasteiger partial charge in [0.25, 0.3) is 5.91 Å². The average Bonchev–Trinajstić information content (AvgIpc) is 3.19. The molecule has 0 saturated carbocycles. The third kappa shape index (κ3) is 5.12. The van der Waals surface area contributed by atoms with Gasteiger partial charge in [-0.25, -0.2) is 10.2 Å². The van der Waals surface area contributed by atoms with E-state index < -0.39 is 5.97 Å². The zero-order valence-electron chi connectivity index (χ0n) is 14.3. The minimum atomic E-state index is -0.463. The standard InChI is InChI=1S/C20H15BrN2O3S/c1-13-4-6-14(7-5-13)20(25)26-17-9-8-16(21)11-15(17)12-22-23-19(24)18-3-2-10-27-18/h2-12H,1H3,(H,23,24). The smallest absolute Gasteiger partial charge is 0.343 e. The highest BCUT2D eigenvalue weighted by molar-refractivity contribution is 9.10. The monoisotopic (exact) mass is 442 g/mol. The minimum Gasteiger partial charge on any atom is -0.422 e. The number of hydrogen-bond acceptors (Lipinski definition) is 5. The Morgan fingerprint density at radius 3 is 2.63 bits per heavy atom. The maximum atomic E-state index is 12.4. The minimum absolute atomic E-state index is 0.297. The molecule has 0 spiro atoms. The molecule has 136 valence electrons. The normalized spacial score (nSPS) is 10.7. The highest BCUT2D eigenvalue weighted by Gasteiger charge is 2.12. The summed E-state index contributed by atoms with van der Waals surface area (Å²) in [5.74, 6) is -0.415. The van der Waals surface area contributed by atoms with Gasteiger partial charge in [0.05, 0.1) is 16.7 Å². The fourth-order valence-electron chi connectivity index (χ4n) is 2.18. The molecule has 3 aromatic rings. The van der Waals surface area contributed by atoms with Crippen molar-refractivity contribution in [3.8, 4) is 5.75 Å². The molecule has 0 bridgehead atoms. The second kappa shape index (κ2) is 8.75. The van der Waals surface area contributed by atoms with Crippen LogP contribution in [0.4, 0.5) is 0 Å². The van der Waals surface area contributed by atoms with Crippen LogP contribution in [0.1, 0.15) is 31.2 Å². The van der Waals surface area contributed by atoms with E-state index in [0.29, 0.717) is 21.8 Å². The third-order valence-electron chi connectivity index (χ3n) is 3.58. The van der Waals surface area contributed by atoms with Crippen LogP contribution in [-0.4, -0.2) is 18.1 Å². The summed E-state index contributed by atoms with van der Waals surface area (Å²) in [6, 6.07) is 15.8. The van der Waals surface area contributed by atoms with Crippen LogP contribution >= 0.6 is 27.3 Å². The van der Waals surface area contributed by atoms with Gasteiger partial charge in [0.1, 0.15) is 5.75 Å². The lowest BCUT2D eigenvalue weighted by atomic mass is 10.1. The van der Waals surface area contributed by atoms with E-state index in [1.165, 1.54) is 17.6 Å². The summed E-state index contributed by atoms with van der Waals surface area (Å²) in [7, 11) is 0. The number of nitrogens with one attached hydrogen (secondary N) is 1. The molecule has 1 aromatic heterocycles. The zero-order chi connectivity index (χ0) is 19.2. The van der Waals surface area contributed by atoms with Gasteiger partial charge in [0.15, 0.2) is 0 Å². The molecular weight excluding hydrogens is 428 g/mol. The molecule has 0 aliphatic heterocycles. The molecule has 1 N–H and O–H groups in total. The van der Waals surface area contributed by atoms with Crippen molar-refractivity contribution < 1.29 is 14.3 Å². The number of carbonyl (C=O) groups excluding carboxylic acids is 2. The van der Waals surface area contributed by atoms with Gasteiger partial charge < -0.3 is 4.74 Å². The Hall–Kier alpha value is -2.77. The molecule has 0 radical (unpaired) electrons. The van der Waals surface area contributed by atoms with Crippen LogP contribution in [0.2, 0.25) is 0 Å². The summed E-state index contributed by atoms with van der Waals surface area (Å²) < 4.78 is 6.29. The molecule has 3 rings (SSSR count). The number of aryl methyl sites for hydroxylation is 1. The fourth-order valence-corrected chi connectivity index (χ4v) is 3.18. The van der Waals surface area contributed by atoms with E-state index in [-0.39, 0.29) is 5.91 Å². The number of hydrogen-bond donors (Lipinski definition) is 1. The topological polar surface area (TPSA) is 67.8 Å². The molecule has 27 heavy (non-hydrogen) atoms. The summed E-state index contributed by atoms with van der Waals surface area (Å²) in [4.78, 5) is 24.8. The van der Waals surface area contributed by atoms with Crippen molar-refractivity contribution in [1.82, 2.24) is 5.43 Å². The molecule has 7 heteroatoms. The van der Waals surface area contributed by atoms with Gasteiger partial charge in [-0.1, -0.05) is 39.7 Å². The summed E-state index contributed by atoms with van der Waals surface area (Å²) in [5.41, 5.74) is 4.52. The number of esters is 1. The van der Waals surface area contributed by atoms with Gasteiger partial charge in [-0.15, -0.1) is 11.3 Å². The van der Waals surface area contributed by atoms with Crippen LogP contribution in [0.15, 0.2) is 69.6 Å². The first kappa shape index (κ1) is 19.0. The van der Waals surface area contributed by atoms with E-state index in [1.807, 2.05) is 24.4 Å². The molecule has 0 fully saturated rings. The molecule has 1 heterocycles. The maximum Gasteiger partial charge on any atom is 0.343 e. The highest BCUT2D eigenvalue weighted by Crippen LogP contribution is 2.23. The number of carbonyl (C=O) groups is 2. The Morgan fingerprint density at radius 1 is 1.15 bits per heavy atom. The molecule has 0 unspecified atom stereocenters. The lowest BCUT2D eigenvalue weighted by Gasteiger charge is -2.08. The molecule has 1 amide bonds. The number of thiophene rings is 1. The summed E-state index contributed by atoms with van der Waals surface area (Å²) in [6.45, 7) is 1.95. The lowest BCUT2D eigenvalue weighted by Crippen LogP contribution is -2.16. The molecule has 0 atom stereocenters. The molecule has 0 aliphatic carbocycles. The van der Waals surface area contributed by atoms with Gasteiger partial charge in [0.2, 0.25) is 0 Å². The van der Waals surface area contributed by atoms with E-state index in [0.717, 1.165) is 10.0 Å². The number of ether oxygens (including phenoxy) is 1. The van der Waals surface area contributed by atoms with Crippen molar-refractivity contribution in [3.63, 3.8) is 0 Å². The summed E-state index contributed by atoms with van der Waals surface area (Å²) in [6.07, 6.45) is 1.44. The van der Waals surface area contributed by atoms with Crippen molar-refractivity contribution in [2.24, 2.45) is 5.10 Å². The number of halogens is 1. The Bertz CT molecular complexity index is 983. The number of hydrazone groups is 1. The molecule has 0 saturated heterocycles. The number of rotatable bonds is 5. The van der Waals surface area contributed by atoms with Gasteiger partial charge in [0, 0.05) is 10.0 Å². The first-order valence-electron chi connectivity index (χ1n) is 7.98. The SMILES string of the molecule is Cc1ccc(C(=O)Oc2ccc(Br)cc2C=NNC(=O)c2cccs2)cc1. The van der Waals surface area contributed by atoms with Crippen molar-refractivity contribution in [3.05, 3.63) is 86.0 Å². The molecular formula is C20H15BrN2O3S. The first-order chi connectivity index (χ1) is 13.0. The largest absolute Gasteiger partial charge is 0.422 e. The Morgan fingerprint density at radius 2 is 1.93 bits per heavy atom. The lowest BCUT2D eigenvalue weighted by molar-refractivity contribution is 0.0734. The van der Waals surface area contributed by atoms with Crippen LogP contribution in [-0.2, 0) is 0 Å². The zero-order valence-corrected chi connectivity index (χ0v) is 16.7. The van der Waals surface area contributed by atoms with Gasteiger partial charge in [-0.2, -0.15) is 5.10 Å². The number of benzene rings is 2. The predicted molar refractivity (Wildman–Crippen MR) is 110 cm³/mol. The van der Waals surface area contributed by atoms with Gasteiger partial charge in [-0.3, -0.25) is 4.79 Å². The van der Waals surface area contributed by atoms with E-state index in [4.69, 9.17) is 4.74 Å². The summed E-state index contributed by atoms with van der Waals surface area (Å²) in [5, 5.41) is 5.78. The van der Waals surface area contributed by atoms with Crippen LogP contribution in [0, 0.1) is 6.92 Å². The van der Waals surface area contributed by atoms with E-state index in [2.05, 4.69) is 26.5 Å². The highest BCUT2D eigenvalue weighted by atomic mass is 79.9. The van der Waals surface area contributed by atoms with Crippen LogP contribution in [0.5, 0.6) is 5.75 Å². The predicted octanol–water partition coefficient (Wildman–Crippen LogP) is 4.80.